The van der Waals surface area contributed by atoms with Crippen LogP contribution in [0, 0.1) is 0 Å². The van der Waals surface area contributed by atoms with Crippen molar-refractivity contribution in [3.8, 4) is 5.75 Å². The van der Waals surface area contributed by atoms with E-state index in [-0.39, 0.29) is 24.0 Å². The topological polar surface area (TPSA) is 48.9 Å². The van der Waals surface area contributed by atoms with Gasteiger partial charge in [-0.05, 0) is 45.0 Å². The van der Waals surface area contributed by atoms with Crippen LogP contribution in [-0.2, 0) is 0 Å². The van der Waals surface area contributed by atoms with Gasteiger partial charge >= 0.3 is 0 Å². The number of benzene rings is 1. The number of nitrogens with zero attached hydrogens (tertiary/aromatic N) is 2. The van der Waals surface area contributed by atoms with Gasteiger partial charge in [-0.2, -0.15) is 0 Å². The van der Waals surface area contributed by atoms with Crippen LogP contribution in [0.3, 0.4) is 0 Å². The Hall–Kier alpha value is -1.02. The molecule has 0 aromatic heterocycles. The molecule has 0 bridgehead atoms. The Balaban J connectivity index is 0.00000288. The van der Waals surface area contributed by atoms with Gasteiger partial charge in [0.05, 0.1) is 13.1 Å². The predicted molar refractivity (Wildman–Crippen MR) is 112 cm³/mol. The summed E-state index contributed by atoms with van der Waals surface area (Å²) < 4.78 is 5.68. The molecular formula is C18H31IN4O. The number of para-hydroxylation sites is 1. The molecule has 1 aromatic carbocycles. The van der Waals surface area contributed by atoms with E-state index in [0.29, 0.717) is 6.61 Å². The maximum absolute atomic E-state index is 5.68. The Morgan fingerprint density at radius 1 is 1.12 bits per heavy atom. The quantitative estimate of drug-likeness (QED) is 0.279. The maximum atomic E-state index is 5.68. The van der Waals surface area contributed by atoms with Crippen molar-refractivity contribution in [1.82, 2.24) is 15.5 Å². The molecule has 1 saturated heterocycles. The first-order chi connectivity index (χ1) is 11.4. The first-order valence-corrected chi connectivity index (χ1v) is 8.81. The Kier molecular flexibility index (Phi) is 11.6. The Morgan fingerprint density at radius 3 is 2.58 bits per heavy atom. The molecule has 0 atom stereocenters. The van der Waals surface area contributed by atoms with E-state index in [2.05, 4.69) is 27.4 Å². The minimum atomic E-state index is 0. The van der Waals surface area contributed by atoms with Gasteiger partial charge in [-0.3, -0.25) is 4.99 Å². The van der Waals surface area contributed by atoms with Gasteiger partial charge in [0.2, 0.25) is 0 Å². The molecule has 1 fully saturated rings. The molecule has 0 unspecified atom stereocenters. The lowest BCUT2D eigenvalue weighted by atomic mass is 10.1. The van der Waals surface area contributed by atoms with Crippen molar-refractivity contribution in [3.05, 3.63) is 30.3 Å². The molecule has 0 saturated carbocycles. The first-order valence-electron chi connectivity index (χ1n) is 8.81. The van der Waals surface area contributed by atoms with E-state index in [4.69, 9.17) is 4.74 Å². The third kappa shape index (κ3) is 8.73. The van der Waals surface area contributed by atoms with Crippen molar-refractivity contribution in [2.24, 2.45) is 4.99 Å². The number of hydrogen-bond acceptors (Lipinski definition) is 3. The van der Waals surface area contributed by atoms with E-state index in [1.165, 1.54) is 32.4 Å². The van der Waals surface area contributed by atoms with E-state index in [9.17, 15) is 0 Å². The Labute approximate surface area is 163 Å². The number of aliphatic imine (C=N–C) groups is 1. The molecule has 5 nitrogen and oxygen atoms in total. The fourth-order valence-corrected chi connectivity index (χ4v) is 2.68. The van der Waals surface area contributed by atoms with Crippen LogP contribution in [0.4, 0.5) is 0 Å². The molecule has 24 heavy (non-hydrogen) atoms. The van der Waals surface area contributed by atoms with Gasteiger partial charge in [0.1, 0.15) is 12.4 Å². The second-order valence-electron chi connectivity index (χ2n) is 5.75. The van der Waals surface area contributed by atoms with Crippen molar-refractivity contribution in [2.75, 3.05) is 45.9 Å². The molecule has 0 radical (unpaired) electrons. The smallest absolute Gasteiger partial charge is 0.191 e. The van der Waals surface area contributed by atoms with Crippen LogP contribution in [0.5, 0.6) is 5.75 Å². The molecule has 136 valence electrons. The van der Waals surface area contributed by atoms with Gasteiger partial charge in [-0.25, -0.2) is 0 Å². The van der Waals surface area contributed by atoms with Crippen molar-refractivity contribution in [1.29, 1.82) is 0 Å². The van der Waals surface area contributed by atoms with E-state index >= 15 is 0 Å². The fraction of sp³-hybridized carbons (Fsp3) is 0.611. The molecule has 0 aliphatic carbocycles. The van der Waals surface area contributed by atoms with Crippen molar-refractivity contribution in [2.45, 2.75) is 26.2 Å². The van der Waals surface area contributed by atoms with Gasteiger partial charge in [0.25, 0.3) is 0 Å². The van der Waals surface area contributed by atoms with E-state index in [1.54, 1.807) is 0 Å². The zero-order valence-electron chi connectivity index (χ0n) is 14.7. The molecular weight excluding hydrogens is 415 g/mol. The van der Waals surface area contributed by atoms with Crippen LogP contribution in [-0.4, -0.2) is 56.7 Å². The van der Waals surface area contributed by atoms with Gasteiger partial charge in [0.15, 0.2) is 5.96 Å². The highest BCUT2D eigenvalue weighted by Gasteiger charge is 2.08. The minimum absolute atomic E-state index is 0. The van der Waals surface area contributed by atoms with Gasteiger partial charge < -0.3 is 20.3 Å². The van der Waals surface area contributed by atoms with Crippen LogP contribution in [0.1, 0.15) is 26.2 Å². The van der Waals surface area contributed by atoms with Crippen molar-refractivity contribution >= 4 is 29.9 Å². The van der Waals surface area contributed by atoms with Crippen LogP contribution in [0.25, 0.3) is 0 Å². The number of ether oxygens (including phenoxy) is 1. The number of likely N-dealkylation sites (tertiary alicyclic amines) is 1. The fourth-order valence-electron chi connectivity index (χ4n) is 2.68. The summed E-state index contributed by atoms with van der Waals surface area (Å²) in [5, 5.41) is 6.61. The molecule has 1 aliphatic rings. The monoisotopic (exact) mass is 446 g/mol. The van der Waals surface area contributed by atoms with Gasteiger partial charge in [0, 0.05) is 13.1 Å². The number of nitrogens with one attached hydrogen (secondary N) is 2. The van der Waals surface area contributed by atoms with E-state index < -0.39 is 0 Å². The molecule has 1 aromatic rings. The molecule has 0 spiro atoms. The SMILES string of the molecule is CCNC(=NCCN1CCCCC1)NCCOc1ccccc1.I. The highest BCUT2D eigenvalue weighted by Crippen LogP contribution is 2.08. The normalized spacial score (nSPS) is 15.5. The standard InChI is InChI=1S/C18H30N4O.HI/c1-2-19-18(20-11-15-22-13-7-4-8-14-22)21-12-16-23-17-9-5-3-6-10-17;/h3,5-6,9-10H,2,4,7-8,11-16H2,1H3,(H2,19,20,21);1H. The summed E-state index contributed by atoms with van der Waals surface area (Å²) in [7, 11) is 0. The average molecular weight is 446 g/mol. The Morgan fingerprint density at radius 2 is 1.88 bits per heavy atom. The van der Waals surface area contributed by atoms with Crippen LogP contribution < -0.4 is 15.4 Å². The predicted octanol–water partition coefficient (Wildman–Crippen LogP) is 2.72. The van der Waals surface area contributed by atoms with Crippen molar-refractivity contribution in [3.63, 3.8) is 0 Å². The maximum Gasteiger partial charge on any atom is 0.191 e. The molecule has 2 rings (SSSR count). The van der Waals surface area contributed by atoms with Gasteiger partial charge in [-0.15, -0.1) is 24.0 Å². The summed E-state index contributed by atoms with van der Waals surface area (Å²) in [5.74, 6) is 1.78. The molecule has 1 aliphatic heterocycles. The van der Waals surface area contributed by atoms with Crippen LogP contribution in [0.15, 0.2) is 35.3 Å². The highest BCUT2D eigenvalue weighted by atomic mass is 127. The van der Waals surface area contributed by atoms with E-state index in [0.717, 1.165) is 37.9 Å². The zero-order chi connectivity index (χ0) is 16.2. The third-order valence-electron chi connectivity index (χ3n) is 3.89. The summed E-state index contributed by atoms with van der Waals surface area (Å²) in [5.41, 5.74) is 0. The van der Waals surface area contributed by atoms with E-state index in [1.807, 2.05) is 30.3 Å². The summed E-state index contributed by atoms with van der Waals surface area (Å²) in [6, 6.07) is 9.89. The van der Waals surface area contributed by atoms with Crippen molar-refractivity contribution < 1.29 is 4.74 Å². The zero-order valence-corrected chi connectivity index (χ0v) is 17.0. The molecule has 0 amide bonds. The lowest BCUT2D eigenvalue weighted by Gasteiger charge is -2.25. The third-order valence-corrected chi connectivity index (χ3v) is 3.89. The molecule has 1 heterocycles. The number of hydrogen-bond donors (Lipinski definition) is 2. The van der Waals surface area contributed by atoms with Crippen LogP contribution in [0.2, 0.25) is 0 Å². The molecule has 6 heteroatoms. The number of halogens is 1. The lowest BCUT2D eigenvalue weighted by molar-refractivity contribution is 0.235. The number of piperidine rings is 1. The summed E-state index contributed by atoms with van der Waals surface area (Å²) >= 11 is 0. The Bertz CT molecular complexity index is 450. The minimum Gasteiger partial charge on any atom is -0.492 e. The lowest BCUT2D eigenvalue weighted by Crippen LogP contribution is -2.40. The summed E-state index contributed by atoms with van der Waals surface area (Å²) in [4.78, 5) is 7.16. The first kappa shape index (κ1) is 21.0. The number of rotatable bonds is 8. The van der Waals surface area contributed by atoms with Gasteiger partial charge in [-0.1, -0.05) is 24.6 Å². The second kappa shape index (κ2) is 13.3. The largest absolute Gasteiger partial charge is 0.492 e. The molecule has 2 N–H and O–H groups in total. The van der Waals surface area contributed by atoms with Crippen LogP contribution >= 0.6 is 24.0 Å². The highest BCUT2D eigenvalue weighted by molar-refractivity contribution is 14.0. The second-order valence-corrected chi connectivity index (χ2v) is 5.75. The summed E-state index contributed by atoms with van der Waals surface area (Å²) in [6.07, 6.45) is 4.04. The average Bonchev–Trinajstić information content (AvgIpc) is 2.60. The summed E-state index contributed by atoms with van der Waals surface area (Å²) in [6.45, 7) is 8.67. The number of guanidine groups is 1.